The molecule has 0 atom stereocenters. The van der Waals surface area contributed by atoms with Crippen molar-refractivity contribution in [2.24, 2.45) is 0 Å². The summed E-state index contributed by atoms with van der Waals surface area (Å²) in [5.41, 5.74) is 0. The summed E-state index contributed by atoms with van der Waals surface area (Å²) in [6.45, 7) is 5.87. The van der Waals surface area contributed by atoms with E-state index < -0.39 is 33.0 Å². The summed E-state index contributed by atoms with van der Waals surface area (Å²) in [6, 6.07) is 0. The maximum absolute atomic E-state index is 9.66. The van der Waals surface area contributed by atoms with Crippen molar-refractivity contribution < 1.29 is 34.3 Å². The van der Waals surface area contributed by atoms with Gasteiger partial charge in [0.25, 0.3) is 0 Å². The van der Waals surface area contributed by atoms with Crippen LogP contribution in [0, 0.1) is 0 Å². The van der Waals surface area contributed by atoms with Gasteiger partial charge in [0.2, 0.25) is 20.8 Å². The first-order valence-electron chi connectivity index (χ1n) is 4.11. The molecule has 0 aromatic rings. The first-order chi connectivity index (χ1) is 6.83. The Balaban J connectivity index is -0.000000218. The summed E-state index contributed by atoms with van der Waals surface area (Å²) in [6.07, 6.45) is -1.12. The fourth-order valence-corrected chi connectivity index (χ4v) is 1.41. The molecular weight excluding hydrogens is 402 g/mol. The van der Waals surface area contributed by atoms with Crippen molar-refractivity contribution in [2.75, 3.05) is 0 Å². The van der Waals surface area contributed by atoms with E-state index in [0.717, 1.165) is 0 Å². The van der Waals surface area contributed by atoms with Gasteiger partial charge in [0.05, 0.1) is 12.2 Å². The van der Waals surface area contributed by atoms with Crippen molar-refractivity contribution >= 4 is 69.7 Å². The molecule has 0 bridgehead atoms. The van der Waals surface area contributed by atoms with Crippen molar-refractivity contribution in [1.82, 2.24) is 0 Å². The fraction of sp³-hybridized carbons (Fsp3) is 1.00. The van der Waals surface area contributed by atoms with Crippen molar-refractivity contribution in [2.45, 2.75) is 39.9 Å². The van der Waals surface area contributed by atoms with Gasteiger partial charge >= 0.3 is 48.9 Å². The van der Waals surface area contributed by atoms with Gasteiger partial charge in [-0.3, -0.25) is 8.37 Å². The summed E-state index contributed by atoms with van der Waals surface area (Å²) >= 11 is 0. The zero-order valence-corrected chi connectivity index (χ0v) is 16.0. The third kappa shape index (κ3) is 31.7. The molecule has 17 heavy (non-hydrogen) atoms. The molecule has 8 nitrogen and oxygen atoms in total. The molecule has 0 rings (SSSR count). The molecule has 0 aliphatic heterocycles. The molecule has 0 aromatic heterocycles. The third-order valence-corrected chi connectivity index (χ3v) is 1.86. The molecule has 0 aliphatic carbocycles. The Bertz CT molecular complexity index is 333. The SMILES string of the molecule is CC(C)OS(=O)(=O)[O-].CC(C)OS(=O)(=O)[O-].[Ba+2]. The monoisotopic (exact) mass is 416 g/mol. The zero-order valence-electron chi connectivity index (χ0n) is 9.94. The second-order valence-corrected chi connectivity index (χ2v) is 5.12. The summed E-state index contributed by atoms with van der Waals surface area (Å²) in [5.74, 6) is 0. The van der Waals surface area contributed by atoms with E-state index in [-0.39, 0.29) is 48.9 Å². The van der Waals surface area contributed by atoms with E-state index in [9.17, 15) is 25.9 Å². The first kappa shape index (κ1) is 23.4. The molecule has 0 heterocycles. The smallest absolute Gasteiger partial charge is 0.726 e. The van der Waals surface area contributed by atoms with E-state index in [0.29, 0.717) is 0 Å². The number of rotatable bonds is 4. The Morgan fingerprint density at radius 3 is 0.941 bits per heavy atom. The Morgan fingerprint density at radius 2 is 0.941 bits per heavy atom. The Labute approximate surface area is 142 Å². The second-order valence-electron chi connectivity index (χ2n) is 3.11. The average Bonchev–Trinajstić information content (AvgIpc) is 1.72. The quantitative estimate of drug-likeness (QED) is 0.336. The van der Waals surface area contributed by atoms with E-state index in [4.69, 9.17) is 0 Å². The Kier molecular flexibility index (Phi) is 14.0. The molecular formula is C6H14BaO8S2. The molecule has 0 saturated carbocycles. The summed E-state index contributed by atoms with van der Waals surface area (Å²) < 4.78 is 65.7. The van der Waals surface area contributed by atoms with Gasteiger partial charge in [-0.1, -0.05) is 0 Å². The molecule has 0 unspecified atom stereocenters. The largest absolute Gasteiger partial charge is 2.00 e. The van der Waals surface area contributed by atoms with E-state index >= 15 is 0 Å². The molecule has 0 amide bonds. The van der Waals surface area contributed by atoms with Crippen LogP contribution in [-0.4, -0.2) is 87.0 Å². The van der Waals surface area contributed by atoms with Crippen LogP contribution in [0.1, 0.15) is 27.7 Å². The summed E-state index contributed by atoms with van der Waals surface area (Å²) in [5, 5.41) is 0. The van der Waals surface area contributed by atoms with Crippen molar-refractivity contribution in [3.63, 3.8) is 0 Å². The van der Waals surface area contributed by atoms with Gasteiger partial charge in [-0.05, 0) is 27.7 Å². The van der Waals surface area contributed by atoms with Crippen molar-refractivity contribution in [3.8, 4) is 0 Å². The first-order valence-corrected chi connectivity index (χ1v) is 6.78. The number of hydrogen-bond donors (Lipinski definition) is 0. The zero-order chi connectivity index (χ0) is 13.6. The van der Waals surface area contributed by atoms with Gasteiger partial charge in [0.15, 0.2) is 0 Å². The van der Waals surface area contributed by atoms with Gasteiger partial charge in [0.1, 0.15) is 0 Å². The van der Waals surface area contributed by atoms with E-state index in [2.05, 4.69) is 8.37 Å². The molecule has 0 radical (unpaired) electrons. The number of hydrogen-bond acceptors (Lipinski definition) is 8. The van der Waals surface area contributed by atoms with Crippen LogP contribution in [0.3, 0.4) is 0 Å². The predicted molar refractivity (Wildman–Crippen MR) is 57.6 cm³/mol. The Morgan fingerprint density at radius 1 is 0.765 bits per heavy atom. The normalized spacial score (nSPS) is 11.8. The molecule has 0 N–H and O–H groups in total. The van der Waals surface area contributed by atoms with Gasteiger partial charge in [0, 0.05) is 0 Å². The standard InChI is InChI=1S/2C3H8O4S.Ba/c2*1-3(2)7-8(4,5)6;/h2*3H,1-2H3,(H,4,5,6);/q;;+2/p-2. The summed E-state index contributed by atoms with van der Waals surface area (Å²) in [7, 11) is -8.95. The van der Waals surface area contributed by atoms with E-state index in [1.165, 1.54) is 27.7 Å². The Hall–Kier alpha value is 1.31. The maximum atomic E-state index is 9.66. The minimum Gasteiger partial charge on any atom is -0.726 e. The van der Waals surface area contributed by atoms with Gasteiger partial charge in [-0.2, -0.15) is 0 Å². The molecule has 100 valence electrons. The van der Waals surface area contributed by atoms with Crippen LogP contribution in [0.15, 0.2) is 0 Å². The fourth-order valence-electron chi connectivity index (χ4n) is 0.471. The van der Waals surface area contributed by atoms with Gasteiger partial charge in [-0.15, -0.1) is 0 Å². The maximum Gasteiger partial charge on any atom is 2.00 e. The van der Waals surface area contributed by atoms with Crippen LogP contribution in [0.2, 0.25) is 0 Å². The predicted octanol–water partition coefficient (Wildman–Crippen LogP) is -0.638. The molecule has 0 fully saturated rings. The third-order valence-electron chi connectivity index (χ3n) is 0.621. The summed E-state index contributed by atoms with van der Waals surface area (Å²) in [4.78, 5) is 0. The molecule has 0 aliphatic rings. The van der Waals surface area contributed by atoms with Crippen LogP contribution in [0.25, 0.3) is 0 Å². The van der Waals surface area contributed by atoms with Gasteiger partial charge < -0.3 is 9.11 Å². The minimum absolute atomic E-state index is 0. The van der Waals surface area contributed by atoms with E-state index in [1.54, 1.807) is 0 Å². The molecule has 0 saturated heterocycles. The van der Waals surface area contributed by atoms with Crippen molar-refractivity contribution in [1.29, 1.82) is 0 Å². The molecule has 0 aromatic carbocycles. The van der Waals surface area contributed by atoms with Crippen LogP contribution < -0.4 is 0 Å². The van der Waals surface area contributed by atoms with Gasteiger partial charge in [-0.25, -0.2) is 16.8 Å². The topological polar surface area (TPSA) is 133 Å². The molecule has 11 heteroatoms. The average molecular weight is 416 g/mol. The van der Waals surface area contributed by atoms with Crippen LogP contribution in [-0.2, 0) is 29.2 Å². The minimum atomic E-state index is -4.47. The van der Waals surface area contributed by atoms with E-state index in [1.807, 2.05) is 0 Å². The second kappa shape index (κ2) is 10.1. The molecule has 0 spiro atoms. The van der Waals surface area contributed by atoms with Crippen LogP contribution in [0.5, 0.6) is 0 Å². The van der Waals surface area contributed by atoms with Crippen LogP contribution in [0.4, 0.5) is 0 Å². The van der Waals surface area contributed by atoms with Crippen LogP contribution >= 0.6 is 0 Å². The van der Waals surface area contributed by atoms with Crippen molar-refractivity contribution in [3.05, 3.63) is 0 Å².